The molecule has 25 heavy (non-hydrogen) atoms. The number of benzene rings is 1. The van der Waals surface area contributed by atoms with Crippen molar-refractivity contribution in [3.8, 4) is 0 Å². The normalized spacial score (nSPS) is 16.5. The van der Waals surface area contributed by atoms with Crippen LogP contribution < -0.4 is 5.32 Å². The molecule has 0 unspecified atom stereocenters. The molecule has 1 aromatic carbocycles. The molecule has 3 heterocycles. The molecule has 0 amide bonds. The maximum absolute atomic E-state index is 4.75. The van der Waals surface area contributed by atoms with Crippen LogP contribution >= 0.6 is 0 Å². The van der Waals surface area contributed by atoms with Crippen LogP contribution in [0.25, 0.3) is 11.0 Å². The number of imidazole rings is 1. The minimum absolute atomic E-state index is 0.569. The first-order chi connectivity index (χ1) is 12.3. The summed E-state index contributed by atoms with van der Waals surface area (Å²) in [5.74, 6) is 1.11. The minimum atomic E-state index is 0.569. The zero-order chi connectivity index (χ0) is 17.1. The zero-order valence-electron chi connectivity index (χ0n) is 14.7. The van der Waals surface area contributed by atoms with E-state index in [1.807, 2.05) is 18.3 Å². The number of fused-ring (bicyclic) bond motifs is 1. The molecule has 5 nitrogen and oxygen atoms in total. The molecule has 1 N–H and O–H groups in total. The number of rotatable bonds is 5. The van der Waals surface area contributed by atoms with E-state index in [2.05, 4.69) is 57.1 Å². The lowest BCUT2D eigenvalue weighted by molar-refractivity contribution is 0.187. The lowest BCUT2D eigenvalue weighted by Gasteiger charge is -2.32. The summed E-state index contributed by atoms with van der Waals surface area (Å²) in [6.07, 6.45) is 4.23. The van der Waals surface area contributed by atoms with Gasteiger partial charge >= 0.3 is 0 Å². The van der Waals surface area contributed by atoms with Gasteiger partial charge in [0.2, 0.25) is 0 Å². The summed E-state index contributed by atoms with van der Waals surface area (Å²) in [5, 5.41) is 3.70. The summed E-state index contributed by atoms with van der Waals surface area (Å²) >= 11 is 0. The highest BCUT2D eigenvalue weighted by Crippen LogP contribution is 2.16. The fourth-order valence-electron chi connectivity index (χ4n) is 3.61. The second-order valence-electron chi connectivity index (χ2n) is 6.83. The number of nitrogens with one attached hydrogen (secondary N) is 1. The highest BCUT2D eigenvalue weighted by Gasteiger charge is 2.19. The second kappa shape index (κ2) is 7.33. The monoisotopic (exact) mass is 335 g/mol. The summed E-state index contributed by atoms with van der Waals surface area (Å²) in [6.45, 7) is 4.03. The van der Waals surface area contributed by atoms with Gasteiger partial charge in [0.1, 0.15) is 5.82 Å². The first kappa shape index (κ1) is 16.2. The first-order valence-corrected chi connectivity index (χ1v) is 9.05. The van der Waals surface area contributed by atoms with Gasteiger partial charge in [0, 0.05) is 38.9 Å². The molecule has 1 aliphatic heterocycles. The molecule has 0 spiro atoms. The van der Waals surface area contributed by atoms with E-state index in [4.69, 9.17) is 4.98 Å². The molecular formula is C20H25N5. The van der Waals surface area contributed by atoms with Crippen molar-refractivity contribution in [2.75, 3.05) is 13.1 Å². The van der Waals surface area contributed by atoms with Crippen molar-refractivity contribution in [1.82, 2.24) is 24.8 Å². The van der Waals surface area contributed by atoms with Crippen LogP contribution in [0.1, 0.15) is 24.4 Å². The molecule has 0 aliphatic carbocycles. The highest BCUT2D eigenvalue weighted by molar-refractivity contribution is 5.75. The van der Waals surface area contributed by atoms with Crippen molar-refractivity contribution >= 4 is 11.0 Å². The van der Waals surface area contributed by atoms with Crippen LogP contribution in [0, 0.1) is 0 Å². The van der Waals surface area contributed by atoms with Crippen LogP contribution in [0.15, 0.2) is 48.7 Å². The Morgan fingerprint density at radius 2 is 1.88 bits per heavy atom. The predicted molar refractivity (Wildman–Crippen MR) is 100 cm³/mol. The van der Waals surface area contributed by atoms with Crippen LogP contribution in [0.2, 0.25) is 0 Å². The van der Waals surface area contributed by atoms with Crippen molar-refractivity contribution in [1.29, 1.82) is 0 Å². The van der Waals surface area contributed by atoms with Crippen molar-refractivity contribution < 1.29 is 0 Å². The molecule has 1 fully saturated rings. The Labute approximate surface area is 148 Å². The fraction of sp³-hybridized carbons (Fsp3) is 0.400. The van der Waals surface area contributed by atoms with Gasteiger partial charge in [-0.1, -0.05) is 18.2 Å². The van der Waals surface area contributed by atoms with E-state index in [0.29, 0.717) is 6.04 Å². The molecule has 0 bridgehead atoms. The average molecular weight is 335 g/mol. The maximum Gasteiger partial charge on any atom is 0.123 e. The third kappa shape index (κ3) is 3.72. The van der Waals surface area contributed by atoms with Crippen LogP contribution in [0.4, 0.5) is 0 Å². The Balaban J connectivity index is 1.29. The predicted octanol–water partition coefficient (Wildman–Crippen LogP) is 2.72. The number of pyridine rings is 1. The third-order valence-electron chi connectivity index (χ3n) is 5.13. The van der Waals surface area contributed by atoms with Gasteiger partial charge in [0.05, 0.1) is 23.3 Å². The van der Waals surface area contributed by atoms with Crippen molar-refractivity contribution in [2.45, 2.75) is 32.0 Å². The molecule has 5 heteroatoms. The Kier molecular flexibility index (Phi) is 4.76. The summed E-state index contributed by atoms with van der Waals surface area (Å²) in [7, 11) is 2.10. The molecule has 2 aromatic heterocycles. The van der Waals surface area contributed by atoms with Crippen molar-refractivity contribution in [3.63, 3.8) is 0 Å². The van der Waals surface area contributed by atoms with Gasteiger partial charge in [0.15, 0.2) is 0 Å². The molecule has 3 aromatic rings. The van der Waals surface area contributed by atoms with Gasteiger partial charge in [-0.25, -0.2) is 4.98 Å². The van der Waals surface area contributed by atoms with E-state index in [0.717, 1.165) is 43.2 Å². The van der Waals surface area contributed by atoms with E-state index in [9.17, 15) is 0 Å². The van der Waals surface area contributed by atoms with Gasteiger partial charge in [-0.05, 0) is 37.1 Å². The number of aromatic nitrogens is 3. The van der Waals surface area contributed by atoms with Crippen LogP contribution in [-0.4, -0.2) is 38.6 Å². The number of hydrogen-bond donors (Lipinski definition) is 1. The third-order valence-corrected chi connectivity index (χ3v) is 5.13. The largest absolute Gasteiger partial charge is 0.330 e. The number of likely N-dealkylation sites (tertiary alicyclic amines) is 1. The number of aryl methyl sites for hydroxylation is 1. The van der Waals surface area contributed by atoms with Gasteiger partial charge in [-0.2, -0.15) is 0 Å². The first-order valence-electron chi connectivity index (χ1n) is 9.05. The van der Waals surface area contributed by atoms with Gasteiger partial charge < -0.3 is 9.88 Å². The van der Waals surface area contributed by atoms with Crippen LogP contribution in [0.5, 0.6) is 0 Å². The van der Waals surface area contributed by atoms with E-state index in [-0.39, 0.29) is 0 Å². The molecule has 4 rings (SSSR count). The molecule has 1 aliphatic rings. The molecular weight excluding hydrogens is 310 g/mol. The summed E-state index contributed by atoms with van der Waals surface area (Å²) < 4.78 is 2.19. The lowest BCUT2D eigenvalue weighted by Crippen LogP contribution is -2.42. The maximum atomic E-state index is 4.75. The Hall–Kier alpha value is -2.24. The number of nitrogens with zero attached hydrogens (tertiary/aromatic N) is 4. The molecule has 0 atom stereocenters. The zero-order valence-corrected chi connectivity index (χ0v) is 14.7. The minimum Gasteiger partial charge on any atom is -0.330 e. The summed E-state index contributed by atoms with van der Waals surface area (Å²) in [5.41, 5.74) is 3.44. The summed E-state index contributed by atoms with van der Waals surface area (Å²) in [6, 6.07) is 15.0. The lowest BCUT2D eigenvalue weighted by atomic mass is 10.0. The van der Waals surface area contributed by atoms with E-state index in [1.54, 1.807) is 0 Å². The molecule has 0 saturated carbocycles. The number of para-hydroxylation sites is 2. The van der Waals surface area contributed by atoms with Gasteiger partial charge in [-0.3, -0.25) is 9.88 Å². The number of piperidine rings is 1. The average Bonchev–Trinajstić information content (AvgIpc) is 2.98. The SMILES string of the molecule is Cn1c(CNC2CCN(Cc3ccccn3)CC2)nc2ccccc21. The van der Waals surface area contributed by atoms with E-state index >= 15 is 0 Å². The standard InChI is InChI=1S/C20H25N5/c1-24-19-8-3-2-7-18(19)23-20(24)14-22-16-9-12-25(13-10-16)15-17-6-4-5-11-21-17/h2-8,11,16,22H,9-10,12-15H2,1H3. The topological polar surface area (TPSA) is 46.0 Å². The van der Waals surface area contributed by atoms with E-state index in [1.165, 1.54) is 18.4 Å². The Morgan fingerprint density at radius 1 is 1.08 bits per heavy atom. The molecule has 1 saturated heterocycles. The van der Waals surface area contributed by atoms with Gasteiger partial charge in [-0.15, -0.1) is 0 Å². The molecule has 0 radical (unpaired) electrons. The Bertz CT molecular complexity index is 818. The Morgan fingerprint density at radius 3 is 2.64 bits per heavy atom. The second-order valence-corrected chi connectivity index (χ2v) is 6.83. The fourth-order valence-corrected chi connectivity index (χ4v) is 3.61. The summed E-state index contributed by atoms with van der Waals surface area (Å²) in [4.78, 5) is 11.7. The van der Waals surface area contributed by atoms with Crippen molar-refractivity contribution in [3.05, 3.63) is 60.2 Å². The van der Waals surface area contributed by atoms with Crippen LogP contribution in [-0.2, 0) is 20.1 Å². The van der Waals surface area contributed by atoms with E-state index < -0.39 is 0 Å². The smallest absolute Gasteiger partial charge is 0.123 e. The number of hydrogen-bond acceptors (Lipinski definition) is 4. The highest BCUT2D eigenvalue weighted by atomic mass is 15.2. The van der Waals surface area contributed by atoms with Crippen LogP contribution in [0.3, 0.4) is 0 Å². The quantitative estimate of drug-likeness (QED) is 0.779. The van der Waals surface area contributed by atoms with Gasteiger partial charge in [0.25, 0.3) is 0 Å². The van der Waals surface area contributed by atoms with Crippen molar-refractivity contribution in [2.24, 2.45) is 7.05 Å². The molecule has 130 valence electrons.